The van der Waals surface area contributed by atoms with Gasteiger partial charge in [0.05, 0.1) is 12.5 Å². The van der Waals surface area contributed by atoms with Crippen molar-refractivity contribution in [1.82, 2.24) is 5.43 Å². The van der Waals surface area contributed by atoms with E-state index in [4.69, 9.17) is 8.83 Å². The Morgan fingerprint density at radius 1 is 1.44 bits per heavy atom. The molecule has 0 spiro atoms. The van der Waals surface area contributed by atoms with E-state index in [2.05, 4.69) is 10.5 Å². The van der Waals surface area contributed by atoms with Crippen LogP contribution >= 0.6 is 0 Å². The molecule has 0 fully saturated rings. The number of nitrogens with one attached hydrogen (secondary N) is 1. The highest BCUT2D eigenvalue weighted by molar-refractivity contribution is 5.92. The van der Waals surface area contributed by atoms with Gasteiger partial charge < -0.3 is 8.83 Å². The first kappa shape index (κ1) is 10.2. The van der Waals surface area contributed by atoms with Gasteiger partial charge in [-0.3, -0.25) is 4.79 Å². The van der Waals surface area contributed by atoms with Crippen LogP contribution in [-0.2, 0) is 0 Å². The van der Waals surface area contributed by atoms with Crippen LogP contribution in [0.2, 0.25) is 0 Å². The topological polar surface area (TPSA) is 67.7 Å². The second kappa shape index (κ2) is 4.48. The summed E-state index contributed by atoms with van der Waals surface area (Å²) in [5.41, 5.74) is 2.33. The number of hydrogen-bond acceptors (Lipinski definition) is 4. The van der Waals surface area contributed by atoms with Crippen molar-refractivity contribution in [3.63, 3.8) is 0 Å². The van der Waals surface area contributed by atoms with Crippen LogP contribution in [0.25, 0.3) is 0 Å². The Morgan fingerprint density at radius 3 is 2.94 bits per heavy atom. The standard InChI is InChI=1S/C11H10N2O3/c1-8-4-5-10(16-8)11(14)13-12-7-9-3-2-6-15-9/h2-7H,1H3,(H,13,14)/b12-7+. The Morgan fingerprint density at radius 2 is 2.31 bits per heavy atom. The highest BCUT2D eigenvalue weighted by Gasteiger charge is 2.07. The van der Waals surface area contributed by atoms with Crippen LogP contribution in [0, 0.1) is 6.92 Å². The number of hydrazone groups is 1. The molecule has 0 aliphatic rings. The van der Waals surface area contributed by atoms with Crippen molar-refractivity contribution < 1.29 is 13.6 Å². The number of amides is 1. The van der Waals surface area contributed by atoms with E-state index >= 15 is 0 Å². The number of furan rings is 2. The van der Waals surface area contributed by atoms with E-state index in [9.17, 15) is 4.79 Å². The third-order valence-corrected chi connectivity index (χ3v) is 1.87. The second-order valence-electron chi connectivity index (χ2n) is 3.12. The fraction of sp³-hybridized carbons (Fsp3) is 0.0909. The van der Waals surface area contributed by atoms with E-state index < -0.39 is 5.91 Å². The van der Waals surface area contributed by atoms with Crippen molar-refractivity contribution in [1.29, 1.82) is 0 Å². The van der Waals surface area contributed by atoms with Crippen molar-refractivity contribution in [3.8, 4) is 0 Å². The van der Waals surface area contributed by atoms with Crippen LogP contribution in [0.1, 0.15) is 22.1 Å². The molecule has 0 saturated heterocycles. The zero-order valence-electron chi connectivity index (χ0n) is 8.64. The molecule has 0 radical (unpaired) electrons. The first-order valence-corrected chi connectivity index (χ1v) is 4.69. The minimum Gasteiger partial charge on any atom is -0.463 e. The van der Waals surface area contributed by atoms with Crippen molar-refractivity contribution in [2.75, 3.05) is 0 Å². The maximum atomic E-state index is 11.4. The Kier molecular flexibility index (Phi) is 2.86. The van der Waals surface area contributed by atoms with E-state index in [0.29, 0.717) is 11.5 Å². The molecule has 5 heteroatoms. The average Bonchev–Trinajstić information content (AvgIpc) is 2.89. The third-order valence-electron chi connectivity index (χ3n) is 1.87. The van der Waals surface area contributed by atoms with Gasteiger partial charge in [0.15, 0.2) is 5.76 Å². The summed E-state index contributed by atoms with van der Waals surface area (Å²) in [4.78, 5) is 11.4. The summed E-state index contributed by atoms with van der Waals surface area (Å²) in [6.07, 6.45) is 2.94. The van der Waals surface area contributed by atoms with Gasteiger partial charge in [-0.2, -0.15) is 5.10 Å². The Balaban J connectivity index is 1.94. The molecule has 0 aromatic carbocycles. The van der Waals surface area contributed by atoms with Crippen molar-refractivity contribution in [2.24, 2.45) is 5.10 Å². The molecule has 0 aliphatic carbocycles. The maximum Gasteiger partial charge on any atom is 0.307 e. The SMILES string of the molecule is Cc1ccc(C(=O)N/N=C/c2ccco2)o1. The van der Waals surface area contributed by atoms with Crippen molar-refractivity contribution in [3.05, 3.63) is 47.8 Å². The molecule has 1 amide bonds. The lowest BCUT2D eigenvalue weighted by Crippen LogP contribution is -2.16. The van der Waals surface area contributed by atoms with Gasteiger partial charge >= 0.3 is 5.91 Å². The monoisotopic (exact) mass is 218 g/mol. The summed E-state index contributed by atoms with van der Waals surface area (Å²) in [5.74, 6) is 1.08. The summed E-state index contributed by atoms with van der Waals surface area (Å²) in [6.45, 7) is 1.77. The summed E-state index contributed by atoms with van der Waals surface area (Å²) >= 11 is 0. The van der Waals surface area contributed by atoms with E-state index in [0.717, 1.165) is 0 Å². The first-order chi connectivity index (χ1) is 7.75. The van der Waals surface area contributed by atoms with Crippen LogP contribution in [0.3, 0.4) is 0 Å². The number of rotatable bonds is 3. The predicted octanol–water partition coefficient (Wildman–Crippen LogP) is 1.94. The summed E-state index contributed by atoms with van der Waals surface area (Å²) in [5, 5.41) is 3.72. The summed E-state index contributed by atoms with van der Waals surface area (Å²) < 4.78 is 10.1. The van der Waals surface area contributed by atoms with E-state index in [1.807, 2.05) is 0 Å². The number of carbonyl (C=O) groups is 1. The molecule has 1 N–H and O–H groups in total. The molecule has 0 atom stereocenters. The second-order valence-corrected chi connectivity index (χ2v) is 3.12. The lowest BCUT2D eigenvalue weighted by Gasteiger charge is -1.93. The van der Waals surface area contributed by atoms with E-state index in [1.165, 1.54) is 12.5 Å². The minimum absolute atomic E-state index is 0.231. The van der Waals surface area contributed by atoms with Gasteiger partial charge in [-0.15, -0.1) is 0 Å². The minimum atomic E-state index is -0.393. The number of aryl methyl sites for hydroxylation is 1. The average molecular weight is 218 g/mol. The van der Waals surface area contributed by atoms with Gasteiger partial charge in [-0.25, -0.2) is 5.43 Å². The molecule has 0 aliphatic heterocycles. The molecule has 2 aromatic heterocycles. The van der Waals surface area contributed by atoms with Crippen molar-refractivity contribution in [2.45, 2.75) is 6.92 Å². The molecule has 0 saturated carbocycles. The Labute approximate surface area is 91.7 Å². The highest BCUT2D eigenvalue weighted by atomic mass is 16.4. The fourth-order valence-corrected chi connectivity index (χ4v) is 1.13. The van der Waals surface area contributed by atoms with Crippen LogP contribution in [0.4, 0.5) is 0 Å². The van der Waals surface area contributed by atoms with Crippen LogP contribution < -0.4 is 5.43 Å². The van der Waals surface area contributed by atoms with Crippen molar-refractivity contribution >= 4 is 12.1 Å². The molecule has 2 heterocycles. The van der Waals surface area contributed by atoms with Crippen LogP contribution in [0.5, 0.6) is 0 Å². The quantitative estimate of drug-likeness (QED) is 0.632. The summed E-state index contributed by atoms with van der Waals surface area (Å²) in [6, 6.07) is 6.77. The zero-order valence-corrected chi connectivity index (χ0v) is 8.64. The molecule has 5 nitrogen and oxygen atoms in total. The Hall–Kier alpha value is -2.30. The van der Waals surface area contributed by atoms with E-state index in [1.54, 1.807) is 31.2 Å². The fourth-order valence-electron chi connectivity index (χ4n) is 1.13. The molecule has 16 heavy (non-hydrogen) atoms. The molecule has 82 valence electrons. The summed E-state index contributed by atoms with van der Waals surface area (Å²) in [7, 11) is 0. The molecule has 2 rings (SSSR count). The lowest BCUT2D eigenvalue weighted by atomic mass is 10.4. The third kappa shape index (κ3) is 2.38. The largest absolute Gasteiger partial charge is 0.463 e. The Bertz CT molecular complexity index is 497. The number of nitrogens with zero attached hydrogens (tertiary/aromatic N) is 1. The van der Waals surface area contributed by atoms with Gasteiger partial charge in [0.25, 0.3) is 0 Å². The van der Waals surface area contributed by atoms with Gasteiger partial charge in [0, 0.05) is 0 Å². The predicted molar refractivity (Wildman–Crippen MR) is 57.2 cm³/mol. The van der Waals surface area contributed by atoms with Gasteiger partial charge in [-0.1, -0.05) is 0 Å². The number of carbonyl (C=O) groups excluding carboxylic acids is 1. The smallest absolute Gasteiger partial charge is 0.307 e. The number of hydrogen-bond donors (Lipinski definition) is 1. The zero-order chi connectivity index (χ0) is 11.4. The van der Waals surface area contributed by atoms with Crippen LogP contribution in [0.15, 0.2) is 44.5 Å². The molecule has 2 aromatic rings. The molecule has 0 bridgehead atoms. The first-order valence-electron chi connectivity index (χ1n) is 4.69. The van der Waals surface area contributed by atoms with Gasteiger partial charge in [-0.05, 0) is 31.2 Å². The maximum absolute atomic E-state index is 11.4. The molecular weight excluding hydrogens is 208 g/mol. The molecule has 0 unspecified atom stereocenters. The van der Waals surface area contributed by atoms with Gasteiger partial charge in [0.2, 0.25) is 0 Å². The normalized spacial score (nSPS) is 10.8. The highest BCUT2D eigenvalue weighted by Crippen LogP contribution is 2.05. The van der Waals surface area contributed by atoms with Crippen LogP contribution in [-0.4, -0.2) is 12.1 Å². The van der Waals surface area contributed by atoms with E-state index in [-0.39, 0.29) is 5.76 Å². The lowest BCUT2D eigenvalue weighted by molar-refractivity contribution is 0.0926. The van der Waals surface area contributed by atoms with Gasteiger partial charge in [0.1, 0.15) is 11.5 Å². The molecular formula is C11H10N2O3.